The molecule has 1 aliphatic heterocycles. The van der Waals surface area contributed by atoms with Crippen molar-refractivity contribution in [1.82, 2.24) is 9.78 Å². The highest BCUT2D eigenvalue weighted by atomic mass is 16.2. The van der Waals surface area contributed by atoms with E-state index in [1.165, 1.54) is 10.2 Å². The van der Waals surface area contributed by atoms with Crippen LogP contribution in [0.15, 0.2) is 24.3 Å². The Labute approximate surface area is 105 Å². The largest absolute Gasteiger partial charge is 0.369 e. The molecule has 5 nitrogen and oxygen atoms in total. The zero-order chi connectivity index (χ0) is 12.7. The number of nitrogens with zero attached hydrogens (tertiary/aromatic N) is 2. The molecule has 0 bridgehead atoms. The minimum absolute atomic E-state index is 0.556. The lowest BCUT2D eigenvalue weighted by molar-refractivity contribution is 0.248. The second-order valence-electron chi connectivity index (χ2n) is 4.47. The van der Waals surface area contributed by atoms with Gasteiger partial charge in [-0.05, 0) is 13.3 Å². The fraction of sp³-hybridized carbons (Fsp3) is 0.231. The number of benzene rings is 1. The van der Waals surface area contributed by atoms with Gasteiger partial charge < -0.3 is 11.1 Å². The van der Waals surface area contributed by atoms with Crippen molar-refractivity contribution in [3.05, 3.63) is 35.4 Å². The monoisotopic (exact) mass is 242 g/mol. The van der Waals surface area contributed by atoms with Crippen LogP contribution >= 0.6 is 0 Å². The van der Waals surface area contributed by atoms with Gasteiger partial charge in [-0.1, -0.05) is 29.8 Å². The summed E-state index contributed by atoms with van der Waals surface area (Å²) < 4.78 is 1.25. The Morgan fingerprint density at radius 1 is 1.39 bits per heavy atom. The fourth-order valence-corrected chi connectivity index (χ4v) is 2.28. The Kier molecular flexibility index (Phi) is 2.33. The van der Waals surface area contributed by atoms with E-state index < -0.39 is 6.03 Å². The van der Waals surface area contributed by atoms with E-state index in [4.69, 9.17) is 5.73 Å². The lowest BCUT2D eigenvalue weighted by Crippen LogP contribution is -2.22. The van der Waals surface area contributed by atoms with E-state index >= 15 is 0 Å². The highest BCUT2D eigenvalue weighted by Crippen LogP contribution is 2.32. The van der Waals surface area contributed by atoms with E-state index in [2.05, 4.69) is 10.4 Å². The topological polar surface area (TPSA) is 72.9 Å². The minimum Gasteiger partial charge on any atom is -0.369 e. The van der Waals surface area contributed by atoms with Crippen LogP contribution in [0.1, 0.15) is 11.1 Å². The molecule has 0 fully saturated rings. The summed E-state index contributed by atoms with van der Waals surface area (Å²) in [6.45, 7) is 2.86. The zero-order valence-corrected chi connectivity index (χ0v) is 10.1. The number of anilines is 1. The van der Waals surface area contributed by atoms with Crippen LogP contribution in [-0.2, 0) is 6.42 Å². The van der Waals surface area contributed by atoms with E-state index in [0.717, 1.165) is 35.6 Å². The summed E-state index contributed by atoms with van der Waals surface area (Å²) in [4.78, 5) is 11.3. The normalized spacial score (nSPS) is 13.2. The van der Waals surface area contributed by atoms with Gasteiger partial charge in [-0.25, -0.2) is 4.79 Å². The third kappa shape index (κ3) is 1.55. The molecule has 5 heteroatoms. The summed E-state index contributed by atoms with van der Waals surface area (Å²) in [5, 5.41) is 7.46. The van der Waals surface area contributed by atoms with Crippen molar-refractivity contribution in [3.8, 4) is 11.3 Å². The Hall–Kier alpha value is -2.30. The second kappa shape index (κ2) is 3.87. The maximum atomic E-state index is 11.3. The van der Waals surface area contributed by atoms with Gasteiger partial charge in [0, 0.05) is 17.7 Å². The van der Waals surface area contributed by atoms with E-state index in [9.17, 15) is 4.79 Å². The number of primary amides is 1. The summed E-state index contributed by atoms with van der Waals surface area (Å²) in [5.74, 6) is 0.734. The highest BCUT2D eigenvalue weighted by Gasteiger charge is 2.24. The highest BCUT2D eigenvalue weighted by molar-refractivity contribution is 5.83. The second-order valence-corrected chi connectivity index (χ2v) is 4.47. The number of fused-ring (bicyclic) bond motifs is 1. The summed E-state index contributed by atoms with van der Waals surface area (Å²) in [6.07, 6.45) is 0.867. The Morgan fingerprint density at radius 3 is 2.78 bits per heavy atom. The molecule has 0 saturated heterocycles. The first-order valence-corrected chi connectivity index (χ1v) is 5.89. The molecule has 1 amide bonds. The number of nitrogens with one attached hydrogen (secondary N) is 1. The van der Waals surface area contributed by atoms with Crippen LogP contribution in [0.25, 0.3) is 11.3 Å². The molecule has 1 aliphatic rings. The third-order valence-electron chi connectivity index (χ3n) is 3.18. The number of carbonyl (C=O) groups is 1. The molecule has 0 radical (unpaired) electrons. The minimum atomic E-state index is -0.556. The van der Waals surface area contributed by atoms with Crippen LogP contribution in [0.3, 0.4) is 0 Å². The van der Waals surface area contributed by atoms with Crippen LogP contribution in [0.5, 0.6) is 0 Å². The molecule has 1 aromatic carbocycles. The maximum absolute atomic E-state index is 11.3. The average molecular weight is 242 g/mol. The van der Waals surface area contributed by atoms with Crippen molar-refractivity contribution in [2.75, 3.05) is 11.9 Å². The van der Waals surface area contributed by atoms with Crippen molar-refractivity contribution < 1.29 is 4.79 Å². The quantitative estimate of drug-likeness (QED) is 0.800. The SMILES string of the molecule is Cc1ccc(-c2nn(C(N)=O)c3c2CCN3)cc1. The third-order valence-corrected chi connectivity index (χ3v) is 3.18. The summed E-state index contributed by atoms with van der Waals surface area (Å²) in [7, 11) is 0. The van der Waals surface area contributed by atoms with Crippen molar-refractivity contribution >= 4 is 11.8 Å². The molecule has 0 spiro atoms. The Balaban J connectivity index is 2.15. The molecule has 2 aromatic rings. The van der Waals surface area contributed by atoms with Gasteiger partial charge in [-0.3, -0.25) is 0 Å². The molecular formula is C13H14N4O. The molecule has 0 aliphatic carbocycles. The first-order chi connectivity index (χ1) is 8.66. The van der Waals surface area contributed by atoms with Crippen LogP contribution in [-0.4, -0.2) is 22.4 Å². The molecule has 0 saturated carbocycles. The molecule has 92 valence electrons. The zero-order valence-electron chi connectivity index (χ0n) is 10.1. The van der Waals surface area contributed by atoms with Gasteiger partial charge in [0.25, 0.3) is 0 Å². The number of rotatable bonds is 1. The van der Waals surface area contributed by atoms with Gasteiger partial charge in [-0.2, -0.15) is 9.78 Å². The first kappa shape index (κ1) is 10.8. The number of hydrogen-bond acceptors (Lipinski definition) is 3. The predicted molar refractivity (Wildman–Crippen MR) is 69.6 cm³/mol. The fourth-order valence-electron chi connectivity index (χ4n) is 2.28. The number of aryl methyl sites for hydroxylation is 1. The summed E-state index contributed by atoms with van der Waals surface area (Å²) >= 11 is 0. The van der Waals surface area contributed by atoms with Crippen molar-refractivity contribution in [2.24, 2.45) is 5.73 Å². The van der Waals surface area contributed by atoms with Gasteiger partial charge in [-0.15, -0.1) is 0 Å². The van der Waals surface area contributed by atoms with Crippen molar-refractivity contribution in [1.29, 1.82) is 0 Å². The molecule has 0 atom stereocenters. The molecule has 3 N–H and O–H groups in total. The number of nitrogens with two attached hydrogens (primary N) is 1. The smallest absolute Gasteiger partial charge is 0.341 e. The van der Waals surface area contributed by atoms with Crippen molar-refractivity contribution in [2.45, 2.75) is 13.3 Å². The van der Waals surface area contributed by atoms with Gasteiger partial charge >= 0.3 is 6.03 Å². The van der Waals surface area contributed by atoms with Gasteiger partial charge in [0.15, 0.2) is 0 Å². The molecule has 0 unspecified atom stereocenters. The lowest BCUT2D eigenvalue weighted by Gasteiger charge is -2.00. The van der Waals surface area contributed by atoms with E-state index in [-0.39, 0.29) is 0 Å². The molecule has 3 rings (SSSR count). The lowest BCUT2D eigenvalue weighted by atomic mass is 10.1. The molecule has 2 heterocycles. The van der Waals surface area contributed by atoms with Gasteiger partial charge in [0.2, 0.25) is 0 Å². The standard InChI is InChI=1S/C13H14N4O/c1-8-2-4-9(5-3-8)11-10-6-7-15-12(10)17(16-11)13(14)18/h2-5,15H,6-7H2,1H3,(H2,14,18). The maximum Gasteiger partial charge on any atom is 0.341 e. The van der Waals surface area contributed by atoms with Crippen LogP contribution < -0.4 is 11.1 Å². The van der Waals surface area contributed by atoms with E-state index in [1.54, 1.807) is 0 Å². The summed E-state index contributed by atoms with van der Waals surface area (Å²) in [6, 6.07) is 7.54. The number of aromatic nitrogens is 2. The molecular weight excluding hydrogens is 228 g/mol. The van der Waals surface area contributed by atoms with Crippen molar-refractivity contribution in [3.63, 3.8) is 0 Å². The number of amides is 1. The summed E-state index contributed by atoms with van der Waals surface area (Å²) in [5.41, 5.74) is 9.44. The average Bonchev–Trinajstić information content (AvgIpc) is 2.91. The number of carbonyl (C=O) groups excluding carboxylic acids is 1. The van der Waals surface area contributed by atoms with E-state index in [1.807, 2.05) is 31.2 Å². The predicted octanol–water partition coefficient (Wildman–Crippen LogP) is 1.75. The van der Waals surface area contributed by atoms with Gasteiger partial charge in [0.1, 0.15) is 5.82 Å². The Bertz CT molecular complexity index is 613. The number of hydrogen-bond donors (Lipinski definition) is 2. The Morgan fingerprint density at radius 2 is 2.11 bits per heavy atom. The van der Waals surface area contributed by atoms with Gasteiger partial charge in [0.05, 0.1) is 5.69 Å². The molecule has 18 heavy (non-hydrogen) atoms. The van der Waals surface area contributed by atoms with Crippen LogP contribution in [0.2, 0.25) is 0 Å². The van der Waals surface area contributed by atoms with Crippen LogP contribution in [0.4, 0.5) is 10.6 Å². The van der Waals surface area contributed by atoms with Crippen LogP contribution in [0, 0.1) is 6.92 Å². The van der Waals surface area contributed by atoms with E-state index in [0.29, 0.717) is 0 Å². The molecule has 1 aromatic heterocycles. The first-order valence-electron chi connectivity index (χ1n) is 5.89.